The maximum Gasteiger partial charge on any atom is 0.357 e. The molecule has 0 saturated carbocycles. The molecule has 4 heteroatoms. The summed E-state index contributed by atoms with van der Waals surface area (Å²) in [5.41, 5.74) is 0.747. The Kier molecular flexibility index (Phi) is 3.26. The largest absolute Gasteiger partial charge is 0.357 e. The Balaban J connectivity index is 1.86. The van der Waals surface area contributed by atoms with E-state index in [0.29, 0.717) is 6.04 Å². The Morgan fingerprint density at radius 2 is 2.47 bits per heavy atom. The van der Waals surface area contributed by atoms with Gasteiger partial charge in [0.15, 0.2) is 0 Å². The van der Waals surface area contributed by atoms with Gasteiger partial charge in [0, 0.05) is 19.2 Å². The predicted octanol–water partition coefficient (Wildman–Crippen LogP) is 1.05. The van der Waals surface area contributed by atoms with Crippen LogP contribution in [0, 0.1) is 0 Å². The van der Waals surface area contributed by atoms with Gasteiger partial charge in [0.2, 0.25) is 0 Å². The Morgan fingerprint density at radius 1 is 1.60 bits per heavy atom. The van der Waals surface area contributed by atoms with Gasteiger partial charge in [0.25, 0.3) is 0 Å². The van der Waals surface area contributed by atoms with E-state index in [9.17, 15) is 4.79 Å². The van der Waals surface area contributed by atoms with Gasteiger partial charge in [-0.1, -0.05) is 6.42 Å². The Hall–Kier alpha value is -1.03. The number of nitrogens with one attached hydrogen (secondary N) is 1. The van der Waals surface area contributed by atoms with E-state index in [1.807, 2.05) is 0 Å². The van der Waals surface area contributed by atoms with E-state index < -0.39 is 0 Å². The molecule has 15 heavy (non-hydrogen) atoms. The monoisotopic (exact) mass is 210 g/mol. The lowest BCUT2D eigenvalue weighted by molar-refractivity contribution is 0.274. The van der Waals surface area contributed by atoms with Crippen LogP contribution >= 0.6 is 0 Å². The van der Waals surface area contributed by atoms with Crippen molar-refractivity contribution in [2.75, 3.05) is 6.54 Å². The van der Waals surface area contributed by atoms with Crippen LogP contribution in [0.1, 0.15) is 31.4 Å². The van der Waals surface area contributed by atoms with Gasteiger partial charge in [-0.05, 0) is 32.2 Å². The Bertz CT molecular complexity index is 361. The predicted molar refractivity (Wildman–Crippen MR) is 57.9 cm³/mol. The highest BCUT2D eigenvalue weighted by molar-refractivity contribution is 4.98. The van der Waals surface area contributed by atoms with Crippen LogP contribution in [0.25, 0.3) is 0 Å². The smallest absolute Gasteiger partial charge is 0.337 e. The van der Waals surface area contributed by atoms with Crippen molar-refractivity contribution in [2.24, 2.45) is 7.05 Å². The lowest BCUT2D eigenvalue weighted by Crippen LogP contribution is -2.34. The van der Waals surface area contributed by atoms with Crippen molar-refractivity contribution in [2.45, 2.75) is 38.1 Å². The van der Waals surface area contributed by atoms with Crippen molar-refractivity contribution in [3.05, 3.63) is 22.2 Å². The van der Waals surface area contributed by atoms with E-state index in [1.54, 1.807) is 17.9 Å². The van der Waals surface area contributed by atoms with Crippen molar-refractivity contribution in [3.8, 4) is 0 Å². The Morgan fingerprint density at radius 3 is 3.07 bits per heavy atom. The summed E-state index contributed by atoms with van der Waals surface area (Å²) in [5, 5.41) is 3.50. The van der Waals surface area contributed by atoms with Gasteiger partial charge < -0.3 is 9.84 Å². The first-order valence-corrected chi connectivity index (χ1v) is 5.65. The number of piperidine rings is 1. The highest BCUT2D eigenvalue weighted by Gasteiger charge is 2.13. The number of hydrogen-bond acceptors (Lipinski definition) is 3. The van der Waals surface area contributed by atoms with Gasteiger partial charge in [0.05, 0.1) is 5.69 Å². The van der Waals surface area contributed by atoms with Crippen LogP contribution in [0.2, 0.25) is 0 Å². The van der Waals surface area contributed by atoms with E-state index in [2.05, 4.69) is 5.32 Å². The summed E-state index contributed by atoms with van der Waals surface area (Å²) in [4.78, 5) is 11.0. The second-order valence-corrected chi connectivity index (χ2v) is 4.23. The van der Waals surface area contributed by atoms with Crippen molar-refractivity contribution in [1.29, 1.82) is 0 Å². The van der Waals surface area contributed by atoms with Crippen molar-refractivity contribution < 1.29 is 4.52 Å². The minimum absolute atomic E-state index is 0.246. The summed E-state index contributed by atoms with van der Waals surface area (Å²) in [5.74, 6) is 0. The average Bonchev–Trinajstić information content (AvgIpc) is 2.56. The minimum atomic E-state index is -0.246. The second-order valence-electron chi connectivity index (χ2n) is 4.23. The fourth-order valence-electron chi connectivity index (χ4n) is 2.17. The topological polar surface area (TPSA) is 47.2 Å². The molecule has 1 aliphatic heterocycles. The van der Waals surface area contributed by atoms with Crippen molar-refractivity contribution in [3.63, 3.8) is 0 Å². The molecule has 1 saturated heterocycles. The lowest BCUT2D eigenvalue weighted by Gasteiger charge is -2.23. The molecular weight excluding hydrogens is 192 g/mol. The SMILES string of the molecule is Cn1oc(=O)cc1CCC1CCCCN1. The van der Waals surface area contributed by atoms with Gasteiger partial charge in [0.1, 0.15) is 0 Å². The van der Waals surface area contributed by atoms with E-state index in [1.165, 1.54) is 19.3 Å². The average molecular weight is 210 g/mol. The van der Waals surface area contributed by atoms with Crippen molar-refractivity contribution in [1.82, 2.24) is 10.1 Å². The van der Waals surface area contributed by atoms with E-state index in [4.69, 9.17) is 4.52 Å². The van der Waals surface area contributed by atoms with Crippen LogP contribution in [-0.2, 0) is 13.5 Å². The third-order valence-corrected chi connectivity index (χ3v) is 3.08. The molecule has 0 amide bonds. The first-order valence-electron chi connectivity index (χ1n) is 5.65. The van der Waals surface area contributed by atoms with E-state index in [-0.39, 0.29) is 5.63 Å². The molecule has 1 aromatic rings. The molecule has 0 aliphatic carbocycles. The molecular formula is C11H18N2O2. The standard InChI is InChI=1S/C11H18N2O2/c1-13-10(8-11(14)15-13)6-5-9-4-2-3-7-12-9/h8-9,12H,2-7H2,1H3. The Labute approximate surface area is 89.2 Å². The van der Waals surface area contributed by atoms with Crippen LogP contribution in [0.3, 0.4) is 0 Å². The molecule has 2 heterocycles. The first-order chi connectivity index (χ1) is 7.25. The maximum atomic E-state index is 11.0. The fourth-order valence-corrected chi connectivity index (χ4v) is 2.17. The molecule has 1 aliphatic rings. The zero-order chi connectivity index (χ0) is 10.7. The van der Waals surface area contributed by atoms with Gasteiger partial charge in [-0.2, -0.15) is 0 Å². The number of rotatable bonds is 3. The molecule has 84 valence electrons. The van der Waals surface area contributed by atoms with Crippen LogP contribution in [-0.4, -0.2) is 17.3 Å². The van der Waals surface area contributed by atoms with Crippen LogP contribution in [0.5, 0.6) is 0 Å². The molecule has 1 unspecified atom stereocenters. The molecule has 0 bridgehead atoms. The molecule has 0 aromatic carbocycles. The third kappa shape index (κ3) is 2.72. The van der Waals surface area contributed by atoms with Gasteiger partial charge in [-0.3, -0.25) is 0 Å². The molecule has 0 radical (unpaired) electrons. The van der Waals surface area contributed by atoms with Gasteiger partial charge in [-0.25, -0.2) is 9.53 Å². The van der Waals surface area contributed by atoms with Crippen LogP contribution in [0.4, 0.5) is 0 Å². The fraction of sp³-hybridized carbons (Fsp3) is 0.727. The third-order valence-electron chi connectivity index (χ3n) is 3.08. The number of aryl methyl sites for hydroxylation is 2. The highest BCUT2D eigenvalue weighted by atomic mass is 16.5. The number of aromatic nitrogens is 1. The molecule has 0 spiro atoms. The highest BCUT2D eigenvalue weighted by Crippen LogP contribution is 2.12. The van der Waals surface area contributed by atoms with E-state index in [0.717, 1.165) is 25.1 Å². The number of hydrogen-bond donors (Lipinski definition) is 1. The normalized spacial score (nSPS) is 21.8. The summed E-state index contributed by atoms with van der Waals surface area (Å²) in [7, 11) is 1.78. The molecule has 4 nitrogen and oxygen atoms in total. The summed E-state index contributed by atoms with van der Waals surface area (Å²) in [6.07, 6.45) is 5.88. The zero-order valence-corrected chi connectivity index (χ0v) is 9.16. The minimum Gasteiger partial charge on any atom is -0.337 e. The first kappa shape index (κ1) is 10.5. The lowest BCUT2D eigenvalue weighted by atomic mass is 10.00. The molecule has 2 rings (SSSR count). The molecule has 1 atom stereocenters. The number of nitrogens with zero attached hydrogens (tertiary/aromatic N) is 1. The van der Waals surface area contributed by atoms with Crippen molar-refractivity contribution >= 4 is 0 Å². The quantitative estimate of drug-likeness (QED) is 0.811. The molecule has 1 aromatic heterocycles. The summed E-state index contributed by atoms with van der Waals surface area (Å²) in [6.45, 7) is 1.13. The van der Waals surface area contributed by atoms with Crippen LogP contribution < -0.4 is 10.9 Å². The van der Waals surface area contributed by atoms with Gasteiger partial charge in [-0.15, -0.1) is 0 Å². The molecule has 1 fully saturated rings. The summed E-state index contributed by atoms with van der Waals surface area (Å²) in [6, 6.07) is 2.20. The second kappa shape index (κ2) is 4.66. The summed E-state index contributed by atoms with van der Waals surface area (Å²) < 4.78 is 6.47. The van der Waals surface area contributed by atoms with Gasteiger partial charge >= 0.3 is 5.63 Å². The molecule has 1 N–H and O–H groups in total. The zero-order valence-electron chi connectivity index (χ0n) is 9.16. The maximum absolute atomic E-state index is 11.0. The summed E-state index contributed by atoms with van der Waals surface area (Å²) >= 11 is 0. The van der Waals surface area contributed by atoms with E-state index >= 15 is 0 Å². The van der Waals surface area contributed by atoms with Crippen LogP contribution in [0.15, 0.2) is 15.4 Å².